The minimum atomic E-state index is -0.180. The monoisotopic (exact) mass is 273 g/mol. The first-order valence-electron chi connectivity index (χ1n) is 6.62. The maximum Gasteiger partial charge on any atom is 0.270 e. The van der Waals surface area contributed by atoms with Gasteiger partial charge >= 0.3 is 0 Å². The van der Waals surface area contributed by atoms with E-state index in [-0.39, 0.29) is 18.7 Å². The molecule has 106 valence electrons. The number of hydrogen-bond acceptors (Lipinski definition) is 4. The van der Waals surface area contributed by atoms with Crippen molar-refractivity contribution in [2.75, 3.05) is 18.8 Å². The van der Waals surface area contributed by atoms with Crippen LogP contribution in [0, 0.1) is 22.7 Å². The molecular weight excluding hydrogens is 254 g/mol. The van der Waals surface area contributed by atoms with Gasteiger partial charge in [0.1, 0.15) is 5.69 Å². The van der Waals surface area contributed by atoms with E-state index in [0.717, 1.165) is 6.42 Å². The van der Waals surface area contributed by atoms with Crippen LogP contribution < -0.4 is 5.73 Å². The molecule has 1 rings (SSSR count). The van der Waals surface area contributed by atoms with E-state index in [1.807, 2.05) is 23.6 Å². The normalized spacial score (nSPS) is 9.75. The minimum absolute atomic E-state index is 0.180. The molecule has 0 aromatic carbocycles. The Morgan fingerprint density at radius 1 is 1.35 bits per heavy atom. The van der Waals surface area contributed by atoms with Crippen LogP contribution in [0.1, 0.15) is 36.7 Å². The quantitative estimate of drug-likeness (QED) is 0.818. The molecule has 1 amide bonds. The largest absolute Gasteiger partial charge is 0.397 e. The average Bonchev–Trinajstić information content (AvgIpc) is 2.80. The van der Waals surface area contributed by atoms with Crippen LogP contribution in [0.4, 0.5) is 5.69 Å². The average molecular weight is 273 g/mol. The lowest BCUT2D eigenvalue weighted by atomic mass is 10.3. The number of anilines is 1. The molecule has 0 spiro atoms. The van der Waals surface area contributed by atoms with Crippen molar-refractivity contribution in [3.05, 3.63) is 18.0 Å². The van der Waals surface area contributed by atoms with E-state index in [0.29, 0.717) is 31.0 Å². The molecule has 0 saturated heterocycles. The number of nitriles is 2. The van der Waals surface area contributed by atoms with Crippen LogP contribution in [-0.2, 0) is 6.54 Å². The molecule has 6 nitrogen and oxygen atoms in total. The number of amides is 1. The molecule has 0 aliphatic heterocycles. The van der Waals surface area contributed by atoms with Crippen LogP contribution in [0.5, 0.6) is 0 Å². The summed E-state index contributed by atoms with van der Waals surface area (Å²) in [5.74, 6) is -0.180. The SMILES string of the molecule is CCCn1cc(N)cc1C(=O)N(CCC#N)CCC#N. The second kappa shape index (κ2) is 7.85. The number of aryl methyl sites for hydroxylation is 1. The van der Waals surface area contributed by atoms with E-state index in [2.05, 4.69) is 0 Å². The Bertz CT molecular complexity index is 517. The predicted octanol–water partition coefficient (Wildman–Crippen LogP) is 1.75. The van der Waals surface area contributed by atoms with Crippen LogP contribution >= 0.6 is 0 Å². The van der Waals surface area contributed by atoms with Gasteiger partial charge in [0.15, 0.2) is 0 Å². The molecule has 2 N–H and O–H groups in total. The summed E-state index contributed by atoms with van der Waals surface area (Å²) in [7, 11) is 0. The second-order valence-electron chi connectivity index (χ2n) is 4.46. The molecule has 1 aromatic rings. The van der Waals surface area contributed by atoms with Crippen molar-refractivity contribution >= 4 is 11.6 Å². The van der Waals surface area contributed by atoms with Gasteiger partial charge in [-0.05, 0) is 12.5 Å². The summed E-state index contributed by atoms with van der Waals surface area (Å²) in [5, 5.41) is 17.3. The Balaban J connectivity index is 2.93. The Hall–Kier alpha value is -2.47. The fourth-order valence-electron chi connectivity index (χ4n) is 1.98. The van der Waals surface area contributed by atoms with Gasteiger partial charge in [-0.1, -0.05) is 6.92 Å². The molecule has 0 aliphatic rings. The zero-order valence-electron chi connectivity index (χ0n) is 11.7. The van der Waals surface area contributed by atoms with Crippen LogP contribution in [0.2, 0.25) is 0 Å². The fourth-order valence-corrected chi connectivity index (χ4v) is 1.98. The van der Waals surface area contributed by atoms with Crippen LogP contribution in [0.3, 0.4) is 0 Å². The van der Waals surface area contributed by atoms with Gasteiger partial charge in [0.05, 0.1) is 30.7 Å². The van der Waals surface area contributed by atoms with E-state index in [1.54, 1.807) is 12.3 Å². The molecule has 6 heteroatoms. The van der Waals surface area contributed by atoms with Gasteiger partial charge in [0.2, 0.25) is 0 Å². The summed E-state index contributed by atoms with van der Waals surface area (Å²) >= 11 is 0. The maximum atomic E-state index is 12.5. The maximum absolute atomic E-state index is 12.5. The zero-order chi connectivity index (χ0) is 15.0. The summed E-state index contributed by atoms with van der Waals surface area (Å²) in [4.78, 5) is 14.0. The van der Waals surface area contributed by atoms with E-state index < -0.39 is 0 Å². The lowest BCUT2D eigenvalue weighted by Crippen LogP contribution is -2.34. The second-order valence-corrected chi connectivity index (χ2v) is 4.46. The van der Waals surface area contributed by atoms with Gasteiger partial charge in [0.25, 0.3) is 5.91 Å². The number of hydrogen-bond donors (Lipinski definition) is 1. The van der Waals surface area contributed by atoms with Crippen molar-refractivity contribution in [3.63, 3.8) is 0 Å². The highest BCUT2D eigenvalue weighted by molar-refractivity contribution is 5.93. The molecule has 0 saturated carbocycles. The Labute approximate surface area is 119 Å². The van der Waals surface area contributed by atoms with Gasteiger partial charge in [-0.2, -0.15) is 10.5 Å². The van der Waals surface area contributed by atoms with Crippen molar-refractivity contribution < 1.29 is 4.79 Å². The lowest BCUT2D eigenvalue weighted by Gasteiger charge is -2.21. The van der Waals surface area contributed by atoms with Crippen molar-refractivity contribution in [1.29, 1.82) is 10.5 Å². The molecular formula is C14H19N5O. The summed E-state index contributed by atoms with van der Waals surface area (Å²) in [6.45, 7) is 3.39. The van der Waals surface area contributed by atoms with Gasteiger partial charge in [-0.3, -0.25) is 4.79 Å². The smallest absolute Gasteiger partial charge is 0.270 e. The molecule has 0 bridgehead atoms. The zero-order valence-corrected chi connectivity index (χ0v) is 11.7. The highest BCUT2D eigenvalue weighted by atomic mass is 16.2. The highest BCUT2D eigenvalue weighted by Crippen LogP contribution is 2.14. The molecule has 0 atom stereocenters. The Kier molecular flexibility index (Phi) is 6.12. The third-order valence-corrected chi connectivity index (χ3v) is 2.88. The lowest BCUT2D eigenvalue weighted by molar-refractivity contribution is 0.0751. The van der Waals surface area contributed by atoms with Crippen molar-refractivity contribution in [2.24, 2.45) is 0 Å². The molecule has 0 unspecified atom stereocenters. The molecule has 1 heterocycles. The number of carbonyl (C=O) groups is 1. The Morgan fingerprint density at radius 3 is 2.45 bits per heavy atom. The minimum Gasteiger partial charge on any atom is -0.397 e. The number of aromatic nitrogens is 1. The van der Waals surface area contributed by atoms with E-state index in [4.69, 9.17) is 16.3 Å². The third kappa shape index (κ3) is 4.03. The predicted molar refractivity (Wildman–Crippen MR) is 75.5 cm³/mol. The molecule has 0 fully saturated rings. The van der Waals surface area contributed by atoms with E-state index in [1.165, 1.54) is 4.90 Å². The fraction of sp³-hybridized carbons (Fsp3) is 0.500. The van der Waals surface area contributed by atoms with Crippen molar-refractivity contribution in [2.45, 2.75) is 32.7 Å². The van der Waals surface area contributed by atoms with Gasteiger partial charge in [0, 0.05) is 25.8 Å². The number of rotatable bonds is 7. The number of nitrogens with two attached hydrogens (primary N) is 1. The van der Waals surface area contributed by atoms with E-state index in [9.17, 15) is 4.79 Å². The molecule has 1 aromatic heterocycles. The number of nitrogen functional groups attached to an aromatic ring is 1. The standard InChI is InChI=1S/C14H19N5O/c1-2-7-19-11-12(17)10-13(19)14(20)18(8-3-5-15)9-4-6-16/h10-11H,2-4,7-9,17H2,1H3. The first-order chi connectivity index (χ1) is 9.63. The van der Waals surface area contributed by atoms with Gasteiger partial charge in [-0.15, -0.1) is 0 Å². The van der Waals surface area contributed by atoms with Gasteiger partial charge in [-0.25, -0.2) is 0 Å². The molecule has 0 aliphatic carbocycles. The molecule has 0 radical (unpaired) electrons. The topological polar surface area (TPSA) is 98.8 Å². The number of nitrogens with zero attached hydrogens (tertiary/aromatic N) is 4. The summed E-state index contributed by atoms with van der Waals surface area (Å²) in [6.07, 6.45) is 3.14. The number of carbonyl (C=O) groups excluding carboxylic acids is 1. The van der Waals surface area contributed by atoms with Crippen molar-refractivity contribution in [1.82, 2.24) is 9.47 Å². The van der Waals surface area contributed by atoms with Crippen LogP contribution in [0.15, 0.2) is 12.3 Å². The Morgan fingerprint density at radius 2 is 1.95 bits per heavy atom. The third-order valence-electron chi connectivity index (χ3n) is 2.88. The molecule has 20 heavy (non-hydrogen) atoms. The van der Waals surface area contributed by atoms with Crippen LogP contribution in [0.25, 0.3) is 0 Å². The summed E-state index contributed by atoms with van der Waals surface area (Å²) in [5.41, 5.74) is 6.81. The van der Waals surface area contributed by atoms with Crippen molar-refractivity contribution in [3.8, 4) is 12.1 Å². The van der Waals surface area contributed by atoms with E-state index >= 15 is 0 Å². The van der Waals surface area contributed by atoms with Crippen LogP contribution in [-0.4, -0.2) is 28.5 Å². The summed E-state index contributed by atoms with van der Waals surface area (Å²) in [6, 6.07) is 5.68. The van der Waals surface area contributed by atoms with Gasteiger partial charge < -0.3 is 15.2 Å². The first kappa shape index (κ1) is 15.6. The highest BCUT2D eigenvalue weighted by Gasteiger charge is 2.19. The summed E-state index contributed by atoms with van der Waals surface area (Å²) < 4.78 is 1.82. The first-order valence-corrected chi connectivity index (χ1v) is 6.62.